The number of nitrogen functional groups attached to an aromatic ring is 1. The van der Waals surface area contributed by atoms with Gasteiger partial charge in [-0.05, 0) is 36.4 Å². The zero-order valence-electron chi connectivity index (χ0n) is 10.1. The minimum atomic E-state index is 0.692. The van der Waals surface area contributed by atoms with Gasteiger partial charge in [-0.2, -0.15) is 0 Å². The van der Waals surface area contributed by atoms with Gasteiger partial charge < -0.3 is 11.1 Å². The van der Waals surface area contributed by atoms with E-state index in [4.69, 9.17) is 5.73 Å². The Bertz CT molecular complexity index is 723. The number of pyridine rings is 1. The monoisotopic (exact) mass is 313 g/mol. The standard InChI is InChI=1S/C15H12BrN3/c16-10-4-6-11(7-5-10)19-14-8-9-18-15-12(14)2-1-3-13(15)17/h1-9H,17H2,(H,18,19). The molecule has 1 heterocycles. The van der Waals surface area contributed by atoms with Crippen molar-refractivity contribution in [3.63, 3.8) is 0 Å². The maximum absolute atomic E-state index is 5.94. The predicted molar refractivity (Wildman–Crippen MR) is 83.6 cm³/mol. The first-order valence-electron chi connectivity index (χ1n) is 5.90. The molecule has 0 radical (unpaired) electrons. The summed E-state index contributed by atoms with van der Waals surface area (Å²) in [5.74, 6) is 0. The molecule has 0 saturated heterocycles. The first kappa shape index (κ1) is 12.0. The molecule has 3 rings (SSSR count). The number of aromatic nitrogens is 1. The largest absolute Gasteiger partial charge is 0.397 e. The number of hydrogen-bond acceptors (Lipinski definition) is 3. The van der Waals surface area contributed by atoms with E-state index in [2.05, 4.69) is 26.2 Å². The second kappa shape index (κ2) is 4.90. The number of para-hydroxylation sites is 1. The molecule has 0 aliphatic carbocycles. The molecule has 0 bridgehead atoms. The number of halogens is 1. The lowest BCUT2D eigenvalue weighted by atomic mass is 10.1. The van der Waals surface area contributed by atoms with Gasteiger partial charge in [-0.25, -0.2) is 0 Å². The van der Waals surface area contributed by atoms with E-state index in [1.807, 2.05) is 48.5 Å². The van der Waals surface area contributed by atoms with Gasteiger partial charge >= 0.3 is 0 Å². The highest BCUT2D eigenvalue weighted by molar-refractivity contribution is 9.10. The summed E-state index contributed by atoms with van der Waals surface area (Å²) in [6, 6.07) is 15.8. The molecule has 3 nitrogen and oxygen atoms in total. The molecule has 1 aromatic heterocycles. The summed E-state index contributed by atoms with van der Waals surface area (Å²) < 4.78 is 1.06. The normalized spacial score (nSPS) is 10.6. The van der Waals surface area contributed by atoms with E-state index in [1.165, 1.54) is 0 Å². The number of fused-ring (bicyclic) bond motifs is 1. The number of nitrogens with one attached hydrogen (secondary N) is 1. The van der Waals surface area contributed by atoms with Crippen LogP contribution in [0.3, 0.4) is 0 Å². The molecule has 0 amide bonds. The Morgan fingerprint density at radius 1 is 1.00 bits per heavy atom. The van der Waals surface area contributed by atoms with Crippen molar-refractivity contribution in [2.75, 3.05) is 11.1 Å². The van der Waals surface area contributed by atoms with Gasteiger partial charge in [0.15, 0.2) is 0 Å². The maximum atomic E-state index is 5.94. The molecule has 0 unspecified atom stereocenters. The van der Waals surface area contributed by atoms with E-state index in [0.717, 1.165) is 26.8 Å². The van der Waals surface area contributed by atoms with E-state index < -0.39 is 0 Å². The summed E-state index contributed by atoms with van der Waals surface area (Å²) in [5, 5.41) is 4.40. The van der Waals surface area contributed by atoms with Crippen LogP contribution < -0.4 is 11.1 Å². The number of hydrogen-bond donors (Lipinski definition) is 2. The molecule has 3 N–H and O–H groups in total. The molecular weight excluding hydrogens is 302 g/mol. The summed E-state index contributed by atoms with van der Waals surface area (Å²) in [5.41, 5.74) is 9.48. The van der Waals surface area contributed by atoms with E-state index in [-0.39, 0.29) is 0 Å². The van der Waals surface area contributed by atoms with Gasteiger partial charge in [-0.3, -0.25) is 4.98 Å². The van der Waals surface area contributed by atoms with Crippen molar-refractivity contribution >= 4 is 43.9 Å². The van der Waals surface area contributed by atoms with Crippen LogP contribution in [0, 0.1) is 0 Å². The van der Waals surface area contributed by atoms with Gasteiger partial charge in [0.05, 0.1) is 11.2 Å². The van der Waals surface area contributed by atoms with Gasteiger partial charge in [0.1, 0.15) is 0 Å². The highest BCUT2D eigenvalue weighted by atomic mass is 79.9. The summed E-state index contributed by atoms with van der Waals surface area (Å²) in [6.07, 6.45) is 1.76. The van der Waals surface area contributed by atoms with Gasteiger partial charge in [0.25, 0.3) is 0 Å². The SMILES string of the molecule is Nc1cccc2c(Nc3ccc(Br)cc3)ccnc12. The Kier molecular flexibility index (Phi) is 3.09. The highest BCUT2D eigenvalue weighted by Crippen LogP contribution is 2.28. The lowest BCUT2D eigenvalue weighted by Crippen LogP contribution is -1.94. The second-order valence-corrected chi connectivity index (χ2v) is 5.15. The molecule has 2 aromatic carbocycles. The molecule has 3 aromatic rings. The molecule has 0 saturated carbocycles. The summed E-state index contributed by atoms with van der Waals surface area (Å²) in [6.45, 7) is 0. The fourth-order valence-corrected chi connectivity index (χ4v) is 2.26. The fraction of sp³-hybridized carbons (Fsp3) is 0. The number of rotatable bonds is 2. The summed E-state index contributed by atoms with van der Waals surface area (Å²) in [4.78, 5) is 4.32. The molecule has 94 valence electrons. The quantitative estimate of drug-likeness (QED) is 0.693. The molecular formula is C15H12BrN3. The Morgan fingerprint density at radius 3 is 2.58 bits per heavy atom. The zero-order valence-corrected chi connectivity index (χ0v) is 11.7. The van der Waals surface area contributed by atoms with Gasteiger partial charge in [0.2, 0.25) is 0 Å². The van der Waals surface area contributed by atoms with Crippen LogP contribution in [0.2, 0.25) is 0 Å². The van der Waals surface area contributed by atoms with Crippen LogP contribution in [0.5, 0.6) is 0 Å². The van der Waals surface area contributed by atoms with Crippen molar-refractivity contribution in [2.24, 2.45) is 0 Å². The third kappa shape index (κ3) is 2.39. The molecule has 4 heteroatoms. The van der Waals surface area contributed by atoms with Gasteiger partial charge in [-0.15, -0.1) is 0 Å². The smallest absolute Gasteiger partial charge is 0.0951 e. The fourth-order valence-electron chi connectivity index (χ4n) is 2.00. The van der Waals surface area contributed by atoms with Crippen molar-refractivity contribution in [3.8, 4) is 0 Å². The third-order valence-electron chi connectivity index (χ3n) is 2.93. The van der Waals surface area contributed by atoms with Crippen LogP contribution in [-0.4, -0.2) is 4.98 Å². The maximum Gasteiger partial charge on any atom is 0.0951 e. The molecule has 0 aliphatic rings. The van der Waals surface area contributed by atoms with E-state index in [0.29, 0.717) is 5.69 Å². The molecule has 0 atom stereocenters. The van der Waals surface area contributed by atoms with E-state index in [9.17, 15) is 0 Å². The topological polar surface area (TPSA) is 50.9 Å². The van der Waals surface area contributed by atoms with Crippen molar-refractivity contribution < 1.29 is 0 Å². The summed E-state index contributed by atoms with van der Waals surface area (Å²) >= 11 is 3.43. The van der Waals surface area contributed by atoms with E-state index in [1.54, 1.807) is 6.20 Å². The van der Waals surface area contributed by atoms with Crippen molar-refractivity contribution in [2.45, 2.75) is 0 Å². The Balaban J connectivity index is 2.06. The minimum Gasteiger partial charge on any atom is -0.397 e. The number of nitrogens with zero attached hydrogens (tertiary/aromatic N) is 1. The third-order valence-corrected chi connectivity index (χ3v) is 3.45. The first-order chi connectivity index (χ1) is 9.24. The molecule has 19 heavy (non-hydrogen) atoms. The number of anilines is 3. The minimum absolute atomic E-state index is 0.692. The van der Waals surface area contributed by atoms with Crippen molar-refractivity contribution in [3.05, 3.63) is 59.2 Å². The van der Waals surface area contributed by atoms with Crippen molar-refractivity contribution in [1.82, 2.24) is 4.98 Å². The lowest BCUT2D eigenvalue weighted by Gasteiger charge is -2.10. The Labute approximate surface area is 119 Å². The average molecular weight is 314 g/mol. The van der Waals surface area contributed by atoms with Crippen LogP contribution >= 0.6 is 15.9 Å². The molecule has 0 spiro atoms. The number of nitrogens with two attached hydrogens (primary N) is 1. The van der Waals surface area contributed by atoms with Gasteiger partial charge in [0, 0.05) is 27.4 Å². The van der Waals surface area contributed by atoms with E-state index >= 15 is 0 Å². The predicted octanol–water partition coefficient (Wildman–Crippen LogP) is 4.32. The second-order valence-electron chi connectivity index (χ2n) is 4.23. The first-order valence-corrected chi connectivity index (χ1v) is 6.69. The van der Waals surface area contributed by atoms with Crippen molar-refractivity contribution in [1.29, 1.82) is 0 Å². The van der Waals surface area contributed by atoms with Crippen LogP contribution in [0.4, 0.5) is 17.1 Å². The van der Waals surface area contributed by atoms with Gasteiger partial charge in [-0.1, -0.05) is 28.1 Å². The Hall–Kier alpha value is -2.07. The average Bonchev–Trinajstić information content (AvgIpc) is 2.43. The lowest BCUT2D eigenvalue weighted by molar-refractivity contribution is 1.40. The Morgan fingerprint density at radius 2 is 1.79 bits per heavy atom. The van der Waals surface area contributed by atoms with Crippen LogP contribution in [-0.2, 0) is 0 Å². The number of benzene rings is 2. The van der Waals surface area contributed by atoms with Crippen LogP contribution in [0.1, 0.15) is 0 Å². The zero-order chi connectivity index (χ0) is 13.2. The molecule has 0 fully saturated rings. The highest BCUT2D eigenvalue weighted by Gasteiger charge is 2.04. The van der Waals surface area contributed by atoms with Crippen LogP contribution in [0.25, 0.3) is 10.9 Å². The summed E-state index contributed by atoms with van der Waals surface area (Å²) in [7, 11) is 0. The molecule has 0 aliphatic heterocycles. The van der Waals surface area contributed by atoms with Crippen LogP contribution in [0.15, 0.2) is 59.2 Å².